The Balaban J connectivity index is 1.58. The molecule has 5 aromatic rings. The minimum Gasteiger partial charge on any atom is -0.369 e. The van der Waals surface area contributed by atoms with E-state index < -0.39 is 5.54 Å². The average Bonchev–Trinajstić information content (AvgIpc) is 2.93. The van der Waals surface area contributed by atoms with E-state index in [0.29, 0.717) is 0 Å². The maximum absolute atomic E-state index is 5.09. The number of nitrogens with one attached hydrogen (secondary N) is 1. The van der Waals surface area contributed by atoms with Gasteiger partial charge in [0, 0.05) is 28.3 Å². The van der Waals surface area contributed by atoms with Gasteiger partial charge in [-0.2, -0.15) is 0 Å². The highest BCUT2D eigenvalue weighted by Gasteiger charge is 2.34. The van der Waals surface area contributed by atoms with Crippen molar-refractivity contribution >= 4 is 28.2 Å². The van der Waals surface area contributed by atoms with Crippen molar-refractivity contribution < 1.29 is 0 Å². The molecule has 168 valence electrons. The minimum atomic E-state index is -0.579. The molecule has 0 spiro atoms. The van der Waals surface area contributed by atoms with Gasteiger partial charge < -0.3 is 5.32 Å². The summed E-state index contributed by atoms with van der Waals surface area (Å²) in [4.78, 5) is 14.7. The lowest BCUT2D eigenvalue weighted by Crippen LogP contribution is -2.34. The Bertz CT molecular complexity index is 1600. The van der Waals surface area contributed by atoms with Crippen molar-refractivity contribution in [3.8, 4) is 11.3 Å². The highest BCUT2D eigenvalue weighted by atomic mass is 15.0. The fourth-order valence-corrected chi connectivity index (χ4v) is 4.72. The first-order chi connectivity index (χ1) is 17.1. The molecule has 0 fully saturated rings. The van der Waals surface area contributed by atoms with Crippen molar-refractivity contribution in [1.82, 2.24) is 15.0 Å². The predicted molar refractivity (Wildman–Crippen MR) is 144 cm³/mol. The van der Waals surface area contributed by atoms with Gasteiger partial charge in [-0.25, -0.2) is 9.97 Å². The number of hydrogen-bond acceptors (Lipinski definition) is 4. The lowest BCUT2D eigenvalue weighted by atomic mass is 9.84. The molecule has 0 radical (unpaired) electrons. The van der Waals surface area contributed by atoms with Gasteiger partial charge in [0.05, 0.1) is 39.5 Å². The van der Waals surface area contributed by atoms with E-state index in [9.17, 15) is 0 Å². The van der Waals surface area contributed by atoms with E-state index in [-0.39, 0.29) is 0 Å². The fraction of sp³-hybridized carbons (Fsp3) is 0.0645. The van der Waals surface area contributed by atoms with Gasteiger partial charge in [0.2, 0.25) is 0 Å². The van der Waals surface area contributed by atoms with Crippen molar-refractivity contribution in [3.63, 3.8) is 0 Å². The van der Waals surface area contributed by atoms with Crippen LogP contribution in [0.2, 0.25) is 0 Å². The molecular weight excluding hydrogens is 428 g/mol. The van der Waals surface area contributed by atoms with Crippen LogP contribution < -0.4 is 5.32 Å². The molecule has 4 heteroatoms. The topological polar surface area (TPSA) is 50.7 Å². The number of fused-ring (bicyclic) bond motifs is 3. The average molecular weight is 453 g/mol. The molecule has 4 heterocycles. The van der Waals surface area contributed by atoms with E-state index >= 15 is 0 Å². The van der Waals surface area contributed by atoms with Crippen LogP contribution >= 0.6 is 0 Å². The van der Waals surface area contributed by atoms with Crippen LogP contribution in [0.1, 0.15) is 29.6 Å². The van der Waals surface area contributed by atoms with Gasteiger partial charge in [0.25, 0.3) is 0 Å². The van der Waals surface area contributed by atoms with Crippen LogP contribution in [0.15, 0.2) is 110 Å². The third-order valence-electron chi connectivity index (χ3n) is 6.49. The molecule has 0 saturated carbocycles. The number of benzene rings is 2. The number of hydrogen-bond donors (Lipinski definition) is 1. The predicted octanol–water partition coefficient (Wildman–Crippen LogP) is 7.11. The summed E-state index contributed by atoms with van der Waals surface area (Å²) in [6.45, 7) is 6.06. The summed E-state index contributed by atoms with van der Waals surface area (Å²) in [5, 5.41) is 4.87. The molecule has 1 N–H and O–H groups in total. The van der Waals surface area contributed by atoms with Crippen LogP contribution in [0.25, 0.3) is 33.8 Å². The Morgan fingerprint density at radius 3 is 2.49 bits per heavy atom. The summed E-state index contributed by atoms with van der Waals surface area (Å²) in [6, 6.07) is 30.8. The van der Waals surface area contributed by atoms with Crippen molar-refractivity contribution in [1.29, 1.82) is 0 Å². The van der Waals surface area contributed by atoms with E-state index in [1.54, 1.807) is 6.08 Å². The zero-order valence-electron chi connectivity index (χ0n) is 19.4. The van der Waals surface area contributed by atoms with E-state index in [1.807, 2.05) is 48.7 Å². The van der Waals surface area contributed by atoms with Crippen molar-refractivity contribution in [2.24, 2.45) is 0 Å². The number of rotatable bonds is 4. The first-order valence-corrected chi connectivity index (χ1v) is 11.7. The molecule has 1 aliphatic heterocycles. The van der Waals surface area contributed by atoms with E-state index in [4.69, 9.17) is 15.0 Å². The van der Waals surface area contributed by atoms with Gasteiger partial charge in [0.15, 0.2) is 0 Å². The lowest BCUT2D eigenvalue weighted by molar-refractivity contribution is 0.660. The molecule has 0 saturated heterocycles. The fourth-order valence-electron chi connectivity index (χ4n) is 4.72. The van der Waals surface area contributed by atoms with Crippen LogP contribution in [0.3, 0.4) is 0 Å². The molecule has 0 aliphatic carbocycles. The largest absolute Gasteiger partial charge is 0.369 e. The molecular formula is C31H24N4. The smallest absolute Gasteiger partial charge is 0.0963 e. The Hall–Kier alpha value is -4.57. The standard InChI is InChI=1S/C31H24N4/c1-3-23-13-7-15-27(33-23)25-20-31(2,28-16-8-14-26(34-28)21-10-5-4-6-11-21)35-30-24(25)18-17-22-12-9-19-32-29(22)30/h3-20,35H,1H2,2H3. The Kier molecular flexibility index (Phi) is 5.00. The van der Waals surface area contributed by atoms with Crippen LogP contribution in [0.4, 0.5) is 5.69 Å². The van der Waals surface area contributed by atoms with E-state index in [1.165, 1.54) is 0 Å². The summed E-state index contributed by atoms with van der Waals surface area (Å²) in [5.41, 5.74) is 8.15. The van der Waals surface area contributed by atoms with Crippen molar-refractivity contribution in [2.45, 2.75) is 12.5 Å². The van der Waals surface area contributed by atoms with E-state index in [0.717, 1.165) is 56.1 Å². The molecule has 4 nitrogen and oxygen atoms in total. The zero-order valence-corrected chi connectivity index (χ0v) is 19.4. The Labute approximate surface area is 204 Å². The van der Waals surface area contributed by atoms with Gasteiger partial charge in [-0.15, -0.1) is 0 Å². The second kappa shape index (κ2) is 8.33. The van der Waals surface area contributed by atoms with Gasteiger partial charge in [-0.1, -0.05) is 67.2 Å². The van der Waals surface area contributed by atoms with E-state index in [2.05, 4.69) is 73.4 Å². The third-order valence-corrected chi connectivity index (χ3v) is 6.49. The summed E-state index contributed by atoms with van der Waals surface area (Å²) in [6.07, 6.45) is 5.85. The number of aromatic nitrogens is 3. The van der Waals surface area contributed by atoms with Crippen LogP contribution in [-0.2, 0) is 5.54 Å². The second-order valence-electron chi connectivity index (χ2n) is 8.87. The van der Waals surface area contributed by atoms with Crippen LogP contribution in [-0.4, -0.2) is 15.0 Å². The monoisotopic (exact) mass is 452 g/mol. The minimum absolute atomic E-state index is 0.579. The molecule has 3 aromatic heterocycles. The summed E-state index contributed by atoms with van der Waals surface area (Å²) in [7, 11) is 0. The van der Waals surface area contributed by atoms with Crippen molar-refractivity contribution in [2.75, 3.05) is 5.32 Å². The van der Waals surface area contributed by atoms with Gasteiger partial charge in [-0.05, 0) is 49.4 Å². The highest BCUT2D eigenvalue weighted by Crippen LogP contribution is 2.43. The summed E-state index contributed by atoms with van der Waals surface area (Å²) in [5.74, 6) is 0. The molecule has 6 rings (SSSR count). The second-order valence-corrected chi connectivity index (χ2v) is 8.87. The summed E-state index contributed by atoms with van der Waals surface area (Å²) >= 11 is 0. The Morgan fingerprint density at radius 1 is 0.800 bits per heavy atom. The van der Waals surface area contributed by atoms with Gasteiger partial charge >= 0.3 is 0 Å². The SMILES string of the molecule is C=Cc1cccc(C2=CC(C)(c3cccc(-c4ccccc4)n3)Nc3c2ccc2cccnc32)n1. The van der Waals surface area contributed by atoms with Gasteiger partial charge in [0.1, 0.15) is 0 Å². The molecule has 0 bridgehead atoms. The molecule has 35 heavy (non-hydrogen) atoms. The normalized spacial score (nSPS) is 16.8. The van der Waals surface area contributed by atoms with Crippen LogP contribution in [0, 0.1) is 0 Å². The molecule has 1 aliphatic rings. The molecule has 2 aromatic carbocycles. The number of nitrogens with zero attached hydrogens (tertiary/aromatic N) is 3. The molecule has 1 atom stereocenters. The number of anilines is 1. The maximum atomic E-state index is 5.09. The first kappa shape index (κ1) is 21.0. The number of pyridine rings is 3. The van der Waals surface area contributed by atoms with Gasteiger partial charge in [-0.3, -0.25) is 4.98 Å². The highest BCUT2D eigenvalue weighted by molar-refractivity contribution is 6.01. The van der Waals surface area contributed by atoms with Crippen molar-refractivity contribution in [3.05, 3.63) is 132 Å². The Morgan fingerprint density at radius 2 is 1.63 bits per heavy atom. The zero-order chi connectivity index (χ0) is 23.8. The lowest BCUT2D eigenvalue weighted by Gasteiger charge is -2.35. The molecule has 1 unspecified atom stereocenters. The maximum Gasteiger partial charge on any atom is 0.0963 e. The molecule has 0 amide bonds. The first-order valence-electron chi connectivity index (χ1n) is 11.7. The third kappa shape index (κ3) is 3.69. The summed E-state index contributed by atoms with van der Waals surface area (Å²) < 4.78 is 0. The quantitative estimate of drug-likeness (QED) is 0.316. The van der Waals surface area contributed by atoms with Crippen LogP contribution in [0.5, 0.6) is 0 Å².